The molecule has 4 rings (SSSR count). The Hall–Kier alpha value is -2.35. The summed E-state index contributed by atoms with van der Waals surface area (Å²) in [5, 5.41) is 0.212. The quantitative estimate of drug-likeness (QED) is 0.755. The molecule has 1 aromatic heterocycles. The van der Waals surface area contributed by atoms with Crippen molar-refractivity contribution < 1.29 is 18.1 Å². The van der Waals surface area contributed by atoms with Gasteiger partial charge in [-0.15, -0.1) is 0 Å². The third-order valence-corrected chi connectivity index (χ3v) is 5.37. The van der Waals surface area contributed by atoms with Crippen LogP contribution in [-0.4, -0.2) is 32.9 Å². The zero-order valence-electron chi connectivity index (χ0n) is 14.7. The van der Waals surface area contributed by atoms with Gasteiger partial charge in [0, 0.05) is 42.6 Å². The SMILES string of the molecule is CS(=O)c1ncc2c(n1)C(C)(C)Oc1cc(N3CCCC3=O)c(F)cc1-2. The third-order valence-electron chi connectivity index (χ3n) is 4.66. The van der Waals surface area contributed by atoms with Crippen LogP contribution in [-0.2, 0) is 21.2 Å². The molecule has 0 N–H and O–H groups in total. The second-order valence-electron chi connectivity index (χ2n) is 6.93. The molecule has 1 atom stereocenters. The minimum absolute atomic E-state index is 0.0854. The molecule has 0 saturated carbocycles. The van der Waals surface area contributed by atoms with Crippen molar-refractivity contribution in [2.45, 2.75) is 37.4 Å². The molecular formula is C18H18FN3O3S. The van der Waals surface area contributed by atoms with Crippen molar-refractivity contribution >= 4 is 22.4 Å². The van der Waals surface area contributed by atoms with Gasteiger partial charge in [-0.25, -0.2) is 14.4 Å². The predicted octanol–water partition coefficient (Wildman–Crippen LogP) is 2.77. The molecule has 6 nitrogen and oxygen atoms in total. The van der Waals surface area contributed by atoms with Crippen LogP contribution in [0, 0.1) is 5.82 Å². The highest BCUT2D eigenvalue weighted by molar-refractivity contribution is 7.84. The number of amides is 1. The van der Waals surface area contributed by atoms with Crippen LogP contribution in [0.25, 0.3) is 11.1 Å². The minimum Gasteiger partial charge on any atom is -0.481 e. The fourth-order valence-electron chi connectivity index (χ4n) is 3.43. The van der Waals surface area contributed by atoms with Gasteiger partial charge in [-0.05, 0) is 26.3 Å². The zero-order valence-corrected chi connectivity index (χ0v) is 15.5. The predicted molar refractivity (Wildman–Crippen MR) is 95.0 cm³/mol. The summed E-state index contributed by atoms with van der Waals surface area (Å²) < 4.78 is 32.5. The van der Waals surface area contributed by atoms with Crippen molar-refractivity contribution in [3.05, 3.63) is 29.8 Å². The molecule has 1 saturated heterocycles. The van der Waals surface area contributed by atoms with Crippen LogP contribution in [0.4, 0.5) is 10.1 Å². The number of anilines is 1. The van der Waals surface area contributed by atoms with E-state index in [0.29, 0.717) is 35.5 Å². The van der Waals surface area contributed by atoms with E-state index in [2.05, 4.69) is 9.97 Å². The number of carbonyl (C=O) groups excluding carboxylic acids is 1. The van der Waals surface area contributed by atoms with E-state index in [1.54, 1.807) is 12.3 Å². The number of nitrogens with zero attached hydrogens (tertiary/aromatic N) is 3. The number of benzene rings is 1. The first-order valence-corrected chi connectivity index (χ1v) is 9.88. The fourth-order valence-corrected chi connectivity index (χ4v) is 3.85. The molecule has 1 aromatic carbocycles. The molecule has 0 spiro atoms. The van der Waals surface area contributed by atoms with Gasteiger partial charge >= 0.3 is 0 Å². The van der Waals surface area contributed by atoms with E-state index in [4.69, 9.17) is 4.74 Å². The number of hydrogen-bond acceptors (Lipinski definition) is 5. The van der Waals surface area contributed by atoms with Crippen LogP contribution in [0.2, 0.25) is 0 Å². The highest BCUT2D eigenvalue weighted by Crippen LogP contribution is 2.46. The van der Waals surface area contributed by atoms with Crippen LogP contribution < -0.4 is 9.64 Å². The molecule has 2 aliphatic rings. The molecule has 0 aliphatic carbocycles. The normalized spacial score (nSPS) is 18.9. The van der Waals surface area contributed by atoms with Crippen molar-refractivity contribution in [3.63, 3.8) is 0 Å². The minimum atomic E-state index is -1.33. The van der Waals surface area contributed by atoms with Crippen molar-refractivity contribution in [2.75, 3.05) is 17.7 Å². The zero-order chi connectivity index (χ0) is 18.6. The van der Waals surface area contributed by atoms with Gasteiger partial charge in [0.2, 0.25) is 11.1 Å². The van der Waals surface area contributed by atoms with E-state index in [1.165, 1.54) is 17.2 Å². The van der Waals surface area contributed by atoms with Gasteiger partial charge in [-0.2, -0.15) is 0 Å². The first-order valence-electron chi connectivity index (χ1n) is 8.32. The summed E-state index contributed by atoms with van der Waals surface area (Å²) in [6.45, 7) is 4.19. The van der Waals surface area contributed by atoms with Crippen LogP contribution in [0.3, 0.4) is 0 Å². The number of aromatic nitrogens is 2. The van der Waals surface area contributed by atoms with E-state index >= 15 is 0 Å². The maximum Gasteiger partial charge on any atom is 0.227 e. The Morgan fingerprint density at radius 1 is 1.31 bits per heavy atom. The van der Waals surface area contributed by atoms with E-state index < -0.39 is 22.2 Å². The number of rotatable bonds is 2. The van der Waals surface area contributed by atoms with Crippen LogP contribution >= 0.6 is 0 Å². The monoisotopic (exact) mass is 375 g/mol. The van der Waals surface area contributed by atoms with Gasteiger partial charge in [0.25, 0.3) is 0 Å². The lowest BCUT2D eigenvalue weighted by molar-refractivity contribution is -0.117. The second kappa shape index (κ2) is 5.84. The van der Waals surface area contributed by atoms with Crippen LogP contribution in [0.5, 0.6) is 5.75 Å². The van der Waals surface area contributed by atoms with Gasteiger partial charge in [0.1, 0.15) is 17.2 Å². The standard InChI is InChI=1S/C18H18FN3O3S/c1-18(2)16-11(9-20-17(21-16)26(3)24)10-7-12(19)13(8-14(10)25-18)22-6-4-5-15(22)23/h7-9H,4-6H2,1-3H3. The molecule has 2 aromatic rings. The molecule has 2 aliphatic heterocycles. The van der Waals surface area contributed by atoms with Gasteiger partial charge in [-0.1, -0.05) is 0 Å². The molecule has 8 heteroatoms. The summed E-state index contributed by atoms with van der Waals surface area (Å²) in [5.41, 5.74) is 1.17. The Kier molecular flexibility index (Phi) is 3.83. The van der Waals surface area contributed by atoms with Crippen molar-refractivity contribution in [2.24, 2.45) is 0 Å². The average molecular weight is 375 g/mol. The molecule has 136 valence electrons. The average Bonchev–Trinajstić information content (AvgIpc) is 3.00. The van der Waals surface area contributed by atoms with E-state index in [0.717, 1.165) is 6.42 Å². The smallest absolute Gasteiger partial charge is 0.227 e. The van der Waals surface area contributed by atoms with Crippen molar-refractivity contribution in [1.82, 2.24) is 9.97 Å². The summed E-state index contributed by atoms with van der Waals surface area (Å²) in [5.74, 6) is -0.0957. The number of ether oxygens (including phenoxy) is 1. The molecule has 3 heterocycles. The largest absolute Gasteiger partial charge is 0.481 e. The summed E-state index contributed by atoms with van der Waals surface area (Å²) in [6.07, 6.45) is 4.21. The maximum absolute atomic E-state index is 14.8. The Labute approximate surface area is 152 Å². The van der Waals surface area contributed by atoms with Gasteiger partial charge in [-0.3, -0.25) is 9.00 Å². The lowest BCUT2D eigenvalue weighted by Crippen LogP contribution is -2.32. The number of fused-ring (bicyclic) bond motifs is 3. The van der Waals surface area contributed by atoms with Gasteiger partial charge < -0.3 is 9.64 Å². The lowest BCUT2D eigenvalue weighted by atomic mass is 9.91. The molecule has 0 bridgehead atoms. The molecule has 1 fully saturated rings. The second-order valence-corrected chi connectivity index (χ2v) is 8.20. The Bertz CT molecular complexity index is 961. The molecule has 0 radical (unpaired) electrons. The Morgan fingerprint density at radius 3 is 2.73 bits per heavy atom. The van der Waals surface area contributed by atoms with E-state index in [1.807, 2.05) is 13.8 Å². The molecule has 1 amide bonds. The maximum atomic E-state index is 14.8. The van der Waals surface area contributed by atoms with Crippen molar-refractivity contribution in [1.29, 1.82) is 0 Å². The van der Waals surface area contributed by atoms with Crippen LogP contribution in [0.15, 0.2) is 23.5 Å². The van der Waals surface area contributed by atoms with Gasteiger partial charge in [0.05, 0.1) is 22.2 Å². The molecular weight excluding hydrogens is 357 g/mol. The first kappa shape index (κ1) is 17.1. The molecule has 1 unspecified atom stereocenters. The summed E-state index contributed by atoms with van der Waals surface area (Å²) >= 11 is 0. The van der Waals surface area contributed by atoms with Gasteiger partial charge in [0.15, 0.2) is 0 Å². The number of halogens is 1. The number of hydrogen-bond donors (Lipinski definition) is 0. The topological polar surface area (TPSA) is 72.4 Å². The Morgan fingerprint density at radius 2 is 2.08 bits per heavy atom. The third kappa shape index (κ3) is 2.59. The molecule has 26 heavy (non-hydrogen) atoms. The highest BCUT2D eigenvalue weighted by Gasteiger charge is 2.37. The summed E-state index contributed by atoms with van der Waals surface area (Å²) in [4.78, 5) is 22.0. The lowest BCUT2D eigenvalue weighted by Gasteiger charge is -2.34. The summed E-state index contributed by atoms with van der Waals surface area (Å²) in [6, 6.07) is 2.93. The first-order chi connectivity index (χ1) is 12.3. The summed E-state index contributed by atoms with van der Waals surface area (Å²) in [7, 11) is -1.33. The fraction of sp³-hybridized carbons (Fsp3) is 0.389. The van der Waals surface area contributed by atoms with Crippen LogP contribution in [0.1, 0.15) is 32.4 Å². The van der Waals surface area contributed by atoms with Crippen molar-refractivity contribution in [3.8, 4) is 16.9 Å². The number of carbonyl (C=O) groups is 1. The van der Waals surface area contributed by atoms with E-state index in [9.17, 15) is 13.4 Å². The Balaban J connectivity index is 1.88. The van der Waals surface area contributed by atoms with E-state index in [-0.39, 0.29) is 16.8 Å². The highest BCUT2D eigenvalue weighted by atomic mass is 32.2.